The molecule has 0 heterocycles. The lowest BCUT2D eigenvalue weighted by atomic mass is 10.5. The highest BCUT2D eigenvalue weighted by Gasteiger charge is 2.20. The van der Waals surface area contributed by atoms with Crippen LogP contribution in [0.3, 0.4) is 0 Å². The second kappa shape index (κ2) is 8.50. The second-order valence-corrected chi connectivity index (χ2v) is 5.01. The predicted octanol–water partition coefficient (Wildman–Crippen LogP) is 2.37. The van der Waals surface area contributed by atoms with Crippen LogP contribution in [0, 0.1) is 0 Å². The lowest BCUT2D eigenvalue weighted by molar-refractivity contribution is -0.139. The van der Waals surface area contributed by atoms with Gasteiger partial charge < -0.3 is 13.8 Å². The van der Waals surface area contributed by atoms with Crippen LogP contribution in [0.2, 0.25) is 0 Å². The third-order valence-electron chi connectivity index (χ3n) is 1.53. The van der Waals surface area contributed by atoms with E-state index in [0.29, 0.717) is 13.2 Å². The van der Waals surface area contributed by atoms with Crippen LogP contribution in [0.1, 0.15) is 20.8 Å². The van der Waals surface area contributed by atoms with Crippen molar-refractivity contribution in [3.05, 3.63) is 12.2 Å². The van der Waals surface area contributed by atoms with E-state index in [0.717, 1.165) is 0 Å². The molecule has 0 aliphatic carbocycles. The zero-order chi connectivity index (χ0) is 12.4. The molecule has 0 saturated carbocycles. The maximum Gasteiger partial charge on any atom is 0.334 e. The highest BCUT2D eigenvalue weighted by molar-refractivity contribution is 7.54. The van der Waals surface area contributed by atoms with Gasteiger partial charge in [0, 0.05) is 6.92 Å². The van der Waals surface area contributed by atoms with E-state index in [4.69, 9.17) is 9.05 Å². The van der Waals surface area contributed by atoms with Gasteiger partial charge in [-0.15, -0.1) is 0 Å². The molecular weight excluding hydrogens is 231 g/mol. The summed E-state index contributed by atoms with van der Waals surface area (Å²) < 4.78 is 26.7. The topological polar surface area (TPSA) is 61.8 Å². The summed E-state index contributed by atoms with van der Waals surface area (Å²) in [6, 6.07) is 0. The van der Waals surface area contributed by atoms with Crippen molar-refractivity contribution in [2.45, 2.75) is 20.8 Å². The Morgan fingerprint density at radius 3 is 2.19 bits per heavy atom. The van der Waals surface area contributed by atoms with Crippen LogP contribution in [-0.4, -0.2) is 32.0 Å². The first-order valence-corrected chi connectivity index (χ1v) is 6.93. The molecule has 94 valence electrons. The van der Waals surface area contributed by atoms with E-state index >= 15 is 0 Å². The second-order valence-electron chi connectivity index (χ2n) is 2.90. The molecule has 0 aromatic rings. The minimum Gasteiger partial charge on any atom is -0.462 e. The molecule has 0 N–H and O–H groups in total. The Hall–Kier alpha value is -0.640. The lowest BCUT2D eigenvalue weighted by Crippen LogP contribution is -2.00. The first-order valence-electron chi connectivity index (χ1n) is 5.20. The standard InChI is InChI=1S/C10H19O5P/c1-4-14-16(12,15-5-2)9-7-6-8-13-10(3)11/h6-7H,4-5,8-9H2,1-3H3/b7-6+. The van der Waals surface area contributed by atoms with Crippen LogP contribution in [0.15, 0.2) is 12.2 Å². The van der Waals surface area contributed by atoms with Gasteiger partial charge in [-0.2, -0.15) is 0 Å². The zero-order valence-electron chi connectivity index (χ0n) is 9.97. The maximum atomic E-state index is 11.9. The van der Waals surface area contributed by atoms with Gasteiger partial charge in [0.2, 0.25) is 0 Å². The molecule has 0 fully saturated rings. The van der Waals surface area contributed by atoms with Gasteiger partial charge in [-0.25, -0.2) is 0 Å². The number of esters is 1. The molecule has 0 atom stereocenters. The van der Waals surface area contributed by atoms with Crippen molar-refractivity contribution in [1.29, 1.82) is 0 Å². The zero-order valence-corrected chi connectivity index (χ0v) is 10.9. The van der Waals surface area contributed by atoms with Crippen molar-refractivity contribution in [3.8, 4) is 0 Å². The van der Waals surface area contributed by atoms with Gasteiger partial charge in [-0.05, 0) is 13.8 Å². The van der Waals surface area contributed by atoms with Crippen molar-refractivity contribution >= 4 is 13.6 Å². The number of hydrogen-bond acceptors (Lipinski definition) is 5. The van der Waals surface area contributed by atoms with E-state index in [9.17, 15) is 9.36 Å². The number of carbonyl (C=O) groups excluding carboxylic acids is 1. The molecule has 0 aliphatic rings. The molecule has 6 heteroatoms. The molecule has 0 aliphatic heterocycles. The van der Waals surface area contributed by atoms with Crippen LogP contribution in [0.5, 0.6) is 0 Å². The molecule has 0 bridgehead atoms. The molecule has 0 aromatic carbocycles. The quantitative estimate of drug-likeness (QED) is 0.376. The number of ether oxygens (including phenoxy) is 1. The highest BCUT2D eigenvalue weighted by Crippen LogP contribution is 2.47. The summed E-state index contributed by atoms with van der Waals surface area (Å²) in [5, 5.41) is 0. The van der Waals surface area contributed by atoms with Gasteiger partial charge in [0.15, 0.2) is 0 Å². The predicted molar refractivity (Wildman–Crippen MR) is 61.5 cm³/mol. The Labute approximate surface area is 96.3 Å². The fourth-order valence-electron chi connectivity index (χ4n) is 0.973. The average molecular weight is 250 g/mol. The van der Waals surface area contributed by atoms with Gasteiger partial charge in [-0.1, -0.05) is 12.2 Å². The summed E-state index contributed by atoms with van der Waals surface area (Å²) in [4.78, 5) is 10.4. The van der Waals surface area contributed by atoms with Crippen LogP contribution in [0.4, 0.5) is 0 Å². The van der Waals surface area contributed by atoms with E-state index in [2.05, 4.69) is 4.74 Å². The maximum absolute atomic E-state index is 11.9. The molecule has 0 rings (SSSR count). The van der Waals surface area contributed by atoms with Gasteiger partial charge in [0.25, 0.3) is 0 Å². The minimum atomic E-state index is -3.01. The lowest BCUT2D eigenvalue weighted by Gasteiger charge is -2.14. The fraction of sp³-hybridized carbons (Fsp3) is 0.700. The van der Waals surface area contributed by atoms with Crippen molar-refractivity contribution < 1.29 is 23.1 Å². The summed E-state index contributed by atoms with van der Waals surface area (Å²) in [6.07, 6.45) is 3.44. The first-order chi connectivity index (χ1) is 7.54. The smallest absolute Gasteiger partial charge is 0.334 e. The van der Waals surface area contributed by atoms with Crippen LogP contribution >= 0.6 is 7.60 Å². The van der Waals surface area contributed by atoms with Crippen molar-refractivity contribution in [1.82, 2.24) is 0 Å². The Kier molecular flexibility index (Phi) is 8.16. The monoisotopic (exact) mass is 250 g/mol. The molecule has 0 unspecified atom stereocenters. The minimum absolute atomic E-state index is 0.174. The Morgan fingerprint density at radius 2 is 1.75 bits per heavy atom. The molecule has 0 radical (unpaired) electrons. The van der Waals surface area contributed by atoms with Crippen LogP contribution < -0.4 is 0 Å². The molecule has 0 aromatic heterocycles. The van der Waals surface area contributed by atoms with Crippen LogP contribution in [-0.2, 0) is 23.1 Å². The van der Waals surface area contributed by atoms with Crippen molar-refractivity contribution in [2.24, 2.45) is 0 Å². The van der Waals surface area contributed by atoms with Gasteiger partial charge in [0.1, 0.15) is 6.61 Å². The van der Waals surface area contributed by atoms with E-state index in [1.165, 1.54) is 6.92 Å². The van der Waals surface area contributed by atoms with Gasteiger partial charge >= 0.3 is 13.6 Å². The van der Waals surface area contributed by atoms with E-state index in [1.54, 1.807) is 26.0 Å². The average Bonchev–Trinajstić information content (AvgIpc) is 2.17. The molecule has 0 spiro atoms. The van der Waals surface area contributed by atoms with Crippen LogP contribution in [0.25, 0.3) is 0 Å². The van der Waals surface area contributed by atoms with Gasteiger partial charge in [0.05, 0.1) is 19.4 Å². The molecule has 0 saturated heterocycles. The summed E-state index contributed by atoms with van der Waals surface area (Å²) in [5.74, 6) is -0.345. The summed E-state index contributed by atoms with van der Waals surface area (Å²) in [7, 11) is -3.01. The number of carbonyl (C=O) groups is 1. The number of allylic oxidation sites excluding steroid dienone is 1. The Bertz CT molecular complexity index is 264. The molecular formula is C10H19O5P. The molecule has 0 amide bonds. The number of hydrogen-bond donors (Lipinski definition) is 0. The van der Waals surface area contributed by atoms with E-state index in [1.807, 2.05) is 0 Å². The van der Waals surface area contributed by atoms with Crippen molar-refractivity contribution in [3.63, 3.8) is 0 Å². The Morgan fingerprint density at radius 1 is 1.19 bits per heavy atom. The van der Waals surface area contributed by atoms with Gasteiger partial charge in [-0.3, -0.25) is 9.36 Å². The molecule has 5 nitrogen and oxygen atoms in total. The summed E-state index contributed by atoms with van der Waals surface area (Å²) >= 11 is 0. The fourth-order valence-corrected chi connectivity index (χ4v) is 2.45. The first kappa shape index (κ1) is 15.4. The Balaban J connectivity index is 4.01. The largest absolute Gasteiger partial charge is 0.462 e. The highest BCUT2D eigenvalue weighted by atomic mass is 31.2. The summed E-state index contributed by atoms with van der Waals surface area (Å²) in [6.45, 7) is 5.71. The van der Waals surface area contributed by atoms with E-state index in [-0.39, 0.29) is 18.7 Å². The third-order valence-corrected chi connectivity index (χ3v) is 3.49. The SMILES string of the molecule is CCOP(=O)(C/C=C/COC(C)=O)OCC. The number of rotatable bonds is 8. The summed E-state index contributed by atoms with van der Waals surface area (Å²) in [5.41, 5.74) is 0. The normalized spacial score (nSPS) is 11.9. The van der Waals surface area contributed by atoms with E-state index < -0.39 is 7.60 Å². The molecule has 16 heavy (non-hydrogen) atoms. The van der Waals surface area contributed by atoms with Crippen molar-refractivity contribution in [2.75, 3.05) is 26.0 Å². The third kappa shape index (κ3) is 7.63.